The Labute approximate surface area is 144 Å². The first-order chi connectivity index (χ1) is 11.3. The fraction of sp³-hybridized carbons (Fsp3) is 0.267. The molecule has 0 saturated heterocycles. The van der Waals surface area contributed by atoms with Crippen LogP contribution in [0.25, 0.3) is 0 Å². The molecule has 2 heterocycles. The van der Waals surface area contributed by atoms with E-state index in [1.165, 1.54) is 4.90 Å². The third-order valence-corrected chi connectivity index (χ3v) is 5.67. The summed E-state index contributed by atoms with van der Waals surface area (Å²) in [6, 6.07) is 7.12. The molecule has 126 valence electrons. The second-order valence-corrected chi connectivity index (χ2v) is 8.17. The Hall–Kier alpha value is -2.19. The number of aromatic nitrogens is 2. The molecule has 0 fully saturated rings. The molecule has 24 heavy (non-hydrogen) atoms. The second kappa shape index (κ2) is 6.03. The zero-order valence-corrected chi connectivity index (χ0v) is 14.5. The minimum Gasteiger partial charge on any atom is -0.383 e. The van der Waals surface area contributed by atoms with Gasteiger partial charge in [-0.05, 0) is 17.7 Å². The van der Waals surface area contributed by atoms with Crippen molar-refractivity contribution in [1.29, 1.82) is 4.78 Å². The molecule has 2 aromatic rings. The van der Waals surface area contributed by atoms with Crippen molar-refractivity contribution in [3.8, 4) is 0 Å². The minimum atomic E-state index is -3.12. The molecule has 1 atom stereocenters. The molecule has 7 nitrogen and oxygen atoms in total. The van der Waals surface area contributed by atoms with E-state index in [0.29, 0.717) is 22.9 Å². The fourth-order valence-corrected chi connectivity index (χ4v) is 3.30. The molecule has 1 aliphatic rings. The van der Waals surface area contributed by atoms with Gasteiger partial charge >= 0.3 is 0 Å². The summed E-state index contributed by atoms with van der Waals surface area (Å²) in [5.74, 6) is 0.364. The fourth-order valence-electron chi connectivity index (χ4n) is 2.44. The summed E-state index contributed by atoms with van der Waals surface area (Å²) in [5.41, 5.74) is 7.30. The zero-order valence-electron chi connectivity index (χ0n) is 13.0. The first kappa shape index (κ1) is 16.7. The molecule has 1 amide bonds. The van der Waals surface area contributed by atoms with Crippen LogP contribution in [0.15, 0.2) is 29.4 Å². The monoisotopic (exact) mass is 365 g/mol. The predicted molar refractivity (Wildman–Crippen MR) is 92.5 cm³/mol. The van der Waals surface area contributed by atoms with Gasteiger partial charge in [-0.15, -0.1) is 0 Å². The third kappa shape index (κ3) is 2.94. The van der Waals surface area contributed by atoms with E-state index in [4.69, 9.17) is 22.1 Å². The van der Waals surface area contributed by atoms with E-state index in [2.05, 4.69) is 9.97 Å². The number of carbonyl (C=O) groups is 1. The standard InChI is InChI=1S/C15H16ClN5O2S/c1-2-24(18,23)15-19-13(17)11-7-12(22)21(14(11)20-15)8-9-3-5-10(16)6-4-9/h3-6,18H,2,7-8H2,1H3,(H2,17,19,20)/t24-/m0/s1. The molecule has 1 aromatic heterocycles. The van der Waals surface area contributed by atoms with Gasteiger partial charge in [-0.25, -0.2) is 19.0 Å². The Balaban J connectivity index is 2.03. The Bertz CT molecular complexity index is 912. The Morgan fingerprint density at radius 3 is 2.62 bits per heavy atom. The van der Waals surface area contributed by atoms with Crippen LogP contribution in [0.3, 0.4) is 0 Å². The lowest BCUT2D eigenvalue weighted by Crippen LogP contribution is -2.27. The average molecular weight is 366 g/mol. The molecule has 0 spiro atoms. The van der Waals surface area contributed by atoms with Crippen LogP contribution in [-0.4, -0.2) is 25.8 Å². The molecular weight excluding hydrogens is 350 g/mol. The summed E-state index contributed by atoms with van der Waals surface area (Å²) in [4.78, 5) is 22.0. The van der Waals surface area contributed by atoms with Gasteiger partial charge in [-0.2, -0.15) is 0 Å². The Kier molecular flexibility index (Phi) is 4.18. The van der Waals surface area contributed by atoms with Crippen molar-refractivity contribution in [2.75, 3.05) is 16.4 Å². The van der Waals surface area contributed by atoms with E-state index in [-0.39, 0.29) is 29.1 Å². The van der Waals surface area contributed by atoms with Crippen molar-refractivity contribution in [3.63, 3.8) is 0 Å². The number of nitrogens with zero attached hydrogens (tertiary/aromatic N) is 3. The summed E-state index contributed by atoms with van der Waals surface area (Å²) in [5, 5.41) is 0.481. The van der Waals surface area contributed by atoms with Gasteiger partial charge in [0.05, 0.1) is 13.0 Å². The zero-order chi connectivity index (χ0) is 17.5. The smallest absolute Gasteiger partial charge is 0.233 e. The van der Waals surface area contributed by atoms with Crippen LogP contribution in [0.2, 0.25) is 5.02 Å². The molecule has 1 aromatic carbocycles. The van der Waals surface area contributed by atoms with Gasteiger partial charge < -0.3 is 5.73 Å². The first-order valence-electron chi connectivity index (χ1n) is 7.29. The van der Waals surface area contributed by atoms with E-state index in [0.717, 1.165) is 5.56 Å². The van der Waals surface area contributed by atoms with Crippen LogP contribution in [0.5, 0.6) is 0 Å². The van der Waals surface area contributed by atoms with Gasteiger partial charge in [-0.1, -0.05) is 30.7 Å². The SMILES string of the molecule is CC[S@](=N)(=O)c1nc(N)c2c(n1)N(Cc1ccc(Cl)cc1)C(=O)C2. The van der Waals surface area contributed by atoms with Crippen LogP contribution < -0.4 is 10.6 Å². The summed E-state index contributed by atoms with van der Waals surface area (Å²) in [6.07, 6.45) is 0.0976. The number of amides is 1. The maximum Gasteiger partial charge on any atom is 0.233 e. The highest BCUT2D eigenvalue weighted by Crippen LogP contribution is 2.32. The Morgan fingerprint density at radius 1 is 1.33 bits per heavy atom. The summed E-state index contributed by atoms with van der Waals surface area (Å²) in [7, 11) is -3.12. The number of anilines is 2. The number of nitrogen functional groups attached to an aromatic ring is 1. The van der Waals surface area contributed by atoms with E-state index in [9.17, 15) is 9.00 Å². The number of halogens is 1. The lowest BCUT2D eigenvalue weighted by Gasteiger charge is -2.17. The van der Waals surface area contributed by atoms with Crippen molar-refractivity contribution in [2.45, 2.75) is 25.0 Å². The number of fused-ring (bicyclic) bond motifs is 1. The average Bonchev–Trinajstić information content (AvgIpc) is 2.86. The van der Waals surface area contributed by atoms with Crippen molar-refractivity contribution in [3.05, 3.63) is 40.4 Å². The van der Waals surface area contributed by atoms with Gasteiger partial charge in [0.15, 0.2) is 0 Å². The molecule has 0 radical (unpaired) electrons. The van der Waals surface area contributed by atoms with Crippen molar-refractivity contribution in [1.82, 2.24) is 9.97 Å². The van der Waals surface area contributed by atoms with Crippen LogP contribution >= 0.6 is 11.6 Å². The predicted octanol–water partition coefficient (Wildman–Crippen LogP) is 2.23. The maximum absolute atomic E-state index is 12.3. The van der Waals surface area contributed by atoms with E-state index in [1.54, 1.807) is 19.1 Å². The number of hydrogen-bond donors (Lipinski definition) is 2. The summed E-state index contributed by atoms with van der Waals surface area (Å²) in [6.45, 7) is 1.92. The second-order valence-electron chi connectivity index (χ2n) is 5.44. The van der Waals surface area contributed by atoms with Gasteiger partial charge in [-0.3, -0.25) is 9.69 Å². The third-order valence-electron chi connectivity index (χ3n) is 3.84. The molecule has 0 bridgehead atoms. The largest absolute Gasteiger partial charge is 0.383 e. The minimum absolute atomic E-state index is 0.0797. The molecule has 3 N–H and O–H groups in total. The molecule has 0 saturated carbocycles. The number of benzene rings is 1. The quantitative estimate of drug-likeness (QED) is 0.806. The van der Waals surface area contributed by atoms with Crippen molar-refractivity contribution >= 4 is 38.9 Å². The normalized spacial score (nSPS) is 16.1. The van der Waals surface area contributed by atoms with Crippen LogP contribution in [0, 0.1) is 4.78 Å². The van der Waals surface area contributed by atoms with Gasteiger partial charge in [0.2, 0.25) is 11.1 Å². The van der Waals surface area contributed by atoms with Crippen LogP contribution in [0.4, 0.5) is 11.6 Å². The lowest BCUT2D eigenvalue weighted by molar-refractivity contribution is -0.117. The van der Waals surface area contributed by atoms with Crippen molar-refractivity contribution in [2.24, 2.45) is 0 Å². The molecule has 0 aliphatic carbocycles. The van der Waals surface area contributed by atoms with E-state index >= 15 is 0 Å². The molecule has 1 aliphatic heterocycles. The van der Waals surface area contributed by atoms with E-state index in [1.807, 2.05) is 12.1 Å². The number of hydrogen-bond acceptors (Lipinski definition) is 6. The molecule has 9 heteroatoms. The van der Waals surface area contributed by atoms with E-state index < -0.39 is 9.73 Å². The highest BCUT2D eigenvalue weighted by molar-refractivity contribution is 7.92. The van der Waals surface area contributed by atoms with Gasteiger partial charge in [0.1, 0.15) is 21.4 Å². The Morgan fingerprint density at radius 2 is 2.00 bits per heavy atom. The summed E-state index contributed by atoms with van der Waals surface area (Å²) < 4.78 is 20.1. The van der Waals surface area contributed by atoms with Gasteiger partial charge in [0, 0.05) is 16.3 Å². The number of carbonyl (C=O) groups excluding carboxylic acids is 1. The first-order valence-corrected chi connectivity index (χ1v) is 9.40. The topological polar surface area (TPSA) is 113 Å². The van der Waals surface area contributed by atoms with Gasteiger partial charge in [0.25, 0.3) is 0 Å². The highest BCUT2D eigenvalue weighted by Gasteiger charge is 2.33. The number of rotatable bonds is 4. The van der Waals surface area contributed by atoms with Crippen LogP contribution in [0.1, 0.15) is 18.1 Å². The van der Waals surface area contributed by atoms with Crippen molar-refractivity contribution < 1.29 is 9.00 Å². The highest BCUT2D eigenvalue weighted by atomic mass is 35.5. The summed E-state index contributed by atoms with van der Waals surface area (Å²) >= 11 is 5.88. The molecule has 0 unspecified atom stereocenters. The maximum atomic E-state index is 12.3. The van der Waals surface area contributed by atoms with Crippen LogP contribution in [-0.2, 0) is 27.5 Å². The lowest BCUT2D eigenvalue weighted by atomic mass is 10.2. The number of nitrogens with one attached hydrogen (secondary N) is 1. The number of nitrogens with two attached hydrogens (primary N) is 1. The molecular formula is C15H16ClN5O2S. The molecule has 3 rings (SSSR count).